The average Bonchev–Trinajstić information content (AvgIpc) is 2.40. The summed E-state index contributed by atoms with van der Waals surface area (Å²) in [4.78, 5) is 22.7. The Morgan fingerprint density at radius 3 is 2.48 bits per heavy atom. The molecule has 0 unspecified atom stereocenters. The van der Waals surface area contributed by atoms with Crippen LogP contribution in [0.5, 0.6) is 5.75 Å². The van der Waals surface area contributed by atoms with Crippen LogP contribution in [0.4, 0.5) is 5.69 Å². The van der Waals surface area contributed by atoms with E-state index in [1.807, 2.05) is 0 Å². The van der Waals surface area contributed by atoms with Gasteiger partial charge in [-0.3, -0.25) is 9.59 Å². The Morgan fingerprint density at radius 2 is 1.90 bits per heavy atom. The van der Waals surface area contributed by atoms with Crippen molar-refractivity contribution in [1.82, 2.24) is 10.6 Å². The zero-order chi connectivity index (χ0) is 15.1. The normalized spacial score (nSPS) is 9.48. The van der Waals surface area contributed by atoms with Crippen molar-refractivity contribution in [1.29, 1.82) is 0 Å². The smallest absolute Gasteiger partial charge is 0.255 e. The molecule has 0 aliphatic rings. The summed E-state index contributed by atoms with van der Waals surface area (Å²) in [5, 5.41) is 5.67. The number of nitrogen functional groups attached to an aromatic ring is 1. The van der Waals surface area contributed by atoms with Crippen LogP contribution >= 0.6 is 24.0 Å². The molecule has 0 spiro atoms. The lowest BCUT2D eigenvalue weighted by Gasteiger charge is -2.11. The van der Waals surface area contributed by atoms with Crippen LogP contribution in [-0.4, -0.2) is 32.0 Å². The molecule has 0 aliphatic heterocycles. The summed E-state index contributed by atoms with van der Waals surface area (Å²) in [5.41, 5.74) is 6.33. The molecule has 21 heavy (non-hydrogen) atoms. The molecule has 6 nitrogen and oxygen atoms in total. The number of carbonyl (C=O) groups excluding carboxylic acids is 2. The number of nitrogens with one attached hydrogen (secondary N) is 2. The quantitative estimate of drug-likeness (QED) is 0.543. The molecule has 0 radical (unpaired) electrons. The summed E-state index contributed by atoms with van der Waals surface area (Å²) in [6.45, 7) is 2.39. The van der Waals surface area contributed by atoms with Crippen LogP contribution in [-0.2, 0) is 4.79 Å². The number of amides is 2. The zero-order valence-electron chi connectivity index (χ0n) is 11.9. The first-order valence-corrected chi connectivity index (χ1v) is 6.49. The van der Waals surface area contributed by atoms with Crippen molar-refractivity contribution in [3.8, 4) is 5.75 Å². The maximum absolute atomic E-state index is 12.0. The molecule has 1 aromatic carbocycles. The van der Waals surface area contributed by atoms with Gasteiger partial charge in [0.15, 0.2) is 0 Å². The van der Waals surface area contributed by atoms with Gasteiger partial charge in [-0.2, -0.15) is 0 Å². The van der Waals surface area contributed by atoms with Gasteiger partial charge in [-0.25, -0.2) is 0 Å². The number of carbonyl (C=O) groups is 2. The zero-order valence-corrected chi connectivity index (χ0v) is 13.4. The number of rotatable bonds is 6. The van der Waals surface area contributed by atoms with E-state index in [4.69, 9.17) is 22.1 Å². The van der Waals surface area contributed by atoms with Crippen LogP contribution in [0.2, 0.25) is 5.02 Å². The number of methoxy groups -OCH3 is 1. The molecule has 0 atom stereocenters. The van der Waals surface area contributed by atoms with Crippen molar-refractivity contribution in [2.45, 2.75) is 13.3 Å². The van der Waals surface area contributed by atoms with Crippen molar-refractivity contribution in [3.63, 3.8) is 0 Å². The lowest BCUT2D eigenvalue weighted by atomic mass is 10.1. The molecule has 1 aromatic rings. The summed E-state index contributed by atoms with van der Waals surface area (Å²) in [5.74, 6) is -0.0267. The summed E-state index contributed by atoms with van der Waals surface area (Å²) >= 11 is 5.90. The highest BCUT2D eigenvalue weighted by molar-refractivity contribution is 6.33. The van der Waals surface area contributed by atoms with Crippen LogP contribution < -0.4 is 21.1 Å². The van der Waals surface area contributed by atoms with Gasteiger partial charge in [0.25, 0.3) is 5.91 Å². The molecule has 0 heterocycles. The second-order valence-electron chi connectivity index (χ2n) is 4.17. The first kappa shape index (κ1) is 19.3. The number of anilines is 1. The standard InChI is InChI=1S/C13H18ClN3O3.ClH/c1-8(18)16-4-3-5-17-13(19)9-6-10(14)11(15)7-12(9)20-2;/h6-7H,3-5,15H2,1-2H3,(H,16,18)(H,17,19);1H. The lowest BCUT2D eigenvalue weighted by molar-refractivity contribution is -0.118. The van der Waals surface area contributed by atoms with E-state index in [1.165, 1.54) is 26.2 Å². The summed E-state index contributed by atoms with van der Waals surface area (Å²) < 4.78 is 5.10. The molecule has 0 aromatic heterocycles. The number of hydrogen-bond acceptors (Lipinski definition) is 4. The summed E-state index contributed by atoms with van der Waals surface area (Å²) in [6.07, 6.45) is 0.635. The van der Waals surface area contributed by atoms with E-state index in [-0.39, 0.29) is 24.2 Å². The molecule has 0 aliphatic carbocycles. The third-order valence-electron chi connectivity index (χ3n) is 2.58. The first-order valence-electron chi connectivity index (χ1n) is 6.11. The monoisotopic (exact) mass is 335 g/mol. The Labute approximate surface area is 134 Å². The molecule has 0 saturated carbocycles. The molecule has 8 heteroatoms. The van der Waals surface area contributed by atoms with E-state index in [0.717, 1.165) is 0 Å². The number of nitrogens with two attached hydrogens (primary N) is 1. The van der Waals surface area contributed by atoms with Gasteiger partial charge in [0, 0.05) is 26.1 Å². The Kier molecular flexibility index (Phi) is 8.57. The van der Waals surface area contributed by atoms with Crippen LogP contribution in [0, 0.1) is 0 Å². The van der Waals surface area contributed by atoms with Crippen molar-refractivity contribution in [2.75, 3.05) is 25.9 Å². The van der Waals surface area contributed by atoms with Crippen molar-refractivity contribution < 1.29 is 14.3 Å². The van der Waals surface area contributed by atoms with Crippen molar-refractivity contribution >= 4 is 41.5 Å². The molecule has 4 N–H and O–H groups in total. The van der Waals surface area contributed by atoms with E-state index < -0.39 is 0 Å². The van der Waals surface area contributed by atoms with Crippen molar-refractivity contribution in [2.24, 2.45) is 0 Å². The van der Waals surface area contributed by atoms with Gasteiger partial charge in [-0.15, -0.1) is 12.4 Å². The van der Waals surface area contributed by atoms with Gasteiger partial charge in [-0.1, -0.05) is 11.6 Å². The average molecular weight is 336 g/mol. The van der Waals surface area contributed by atoms with Crippen LogP contribution in [0.1, 0.15) is 23.7 Å². The Hall–Kier alpha value is -1.66. The van der Waals surface area contributed by atoms with Gasteiger partial charge in [-0.05, 0) is 12.5 Å². The fourth-order valence-electron chi connectivity index (χ4n) is 1.57. The summed E-state index contributed by atoms with van der Waals surface area (Å²) in [7, 11) is 1.45. The van der Waals surface area contributed by atoms with Gasteiger partial charge < -0.3 is 21.1 Å². The predicted molar refractivity (Wildman–Crippen MR) is 85.3 cm³/mol. The maximum Gasteiger partial charge on any atom is 0.255 e. The Morgan fingerprint density at radius 1 is 1.29 bits per heavy atom. The van der Waals surface area contributed by atoms with E-state index in [2.05, 4.69) is 10.6 Å². The number of hydrogen-bond donors (Lipinski definition) is 3. The Balaban J connectivity index is 0.00000400. The highest BCUT2D eigenvalue weighted by atomic mass is 35.5. The van der Waals surface area contributed by atoms with Gasteiger partial charge in [0.2, 0.25) is 5.91 Å². The third-order valence-corrected chi connectivity index (χ3v) is 2.90. The molecule has 0 bridgehead atoms. The highest BCUT2D eigenvalue weighted by Gasteiger charge is 2.14. The SMILES string of the molecule is COc1cc(N)c(Cl)cc1C(=O)NCCCNC(C)=O.Cl. The lowest BCUT2D eigenvalue weighted by Crippen LogP contribution is -2.29. The number of benzene rings is 1. The van der Waals surface area contributed by atoms with E-state index >= 15 is 0 Å². The fraction of sp³-hybridized carbons (Fsp3) is 0.385. The minimum Gasteiger partial charge on any atom is -0.496 e. The molecular formula is C13H19Cl2N3O3. The molecule has 1 rings (SSSR count). The topological polar surface area (TPSA) is 93.4 Å². The van der Waals surface area contributed by atoms with E-state index in [1.54, 1.807) is 0 Å². The van der Waals surface area contributed by atoms with Gasteiger partial charge in [0.05, 0.1) is 23.4 Å². The molecular weight excluding hydrogens is 317 g/mol. The van der Waals surface area contributed by atoms with E-state index in [9.17, 15) is 9.59 Å². The second kappa shape index (κ2) is 9.31. The largest absolute Gasteiger partial charge is 0.496 e. The minimum absolute atomic E-state index is 0. The first-order chi connectivity index (χ1) is 9.45. The van der Waals surface area contributed by atoms with Crippen LogP contribution in [0.25, 0.3) is 0 Å². The predicted octanol–water partition coefficient (Wildman–Crippen LogP) is 1.61. The Bertz CT molecular complexity index is 510. The van der Waals surface area contributed by atoms with E-state index in [0.29, 0.717) is 41.5 Å². The maximum atomic E-state index is 12.0. The second-order valence-corrected chi connectivity index (χ2v) is 4.57. The molecule has 118 valence electrons. The molecule has 0 saturated heterocycles. The highest BCUT2D eigenvalue weighted by Crippen LogP contribution is 2.28. The molecule has 0 fully saturated rings. The summed E-state index contributed by atoms with van der Waals surface area (Å²) in [6, 6.07) is 2.98. The van der Waals surface area contributed by atoms with Crippen LogP contribution in [0.3, 0.4) is 0 Å². The number of ether oxygens (including phenoxy) is 1. The van der Waals surface area contributed by atoms with Gasteiger partial charge in [0.1, 0.15) is 5.75 Å². The van der Waals surface area contributed by atoms with Crippen LogP contribution in [0.15, 0.2) is 12.1 Å². The molecule has 2 amide bonds. The van der Waals surface area contributed by atoms with Crippen molar-refractivity contribution in [3.05, 3.63) is 22.7 Å². The number of halogens is 2. The minimum atomic E-state index is -0.299. The van der Waals surface area contributed by atoms with Gasteiger partial charge >= 0.3 is 0 Å². The third kappa shape index (κ3) is 6.10. The fourth-order valence-corrected chi connectivity index (χ4v) is 1.73.